The fraction of sp³-hybridized carbons (Fsp3) is 0.238. The van der Waals surface area contributed by atoms with Crippen LogP contribution in [-0.2, 0) is 4.79 Å². The smallest absolute Gasteiger partial charge is 0.242 e. The van der Waals surface area contributed by atoms with Gasteiger partial charge in [0.1, 0.15) is 0 Å². The monoisotopic (exact) mass is 344 g/mol. The Labute approximate surface area is 152 Å². The van der Waals surface area contributed by atoms with Crippen LogP contribution in [0.15, 0.2) is 60.0 Å². The summed E-state index contributed by atoms with van der Waals surface area (Å²) in [6.45, 7) is 3.93. The zero-order valence-corrected chi connectivity index (χ0v) is 14.9. The Kier molecular flexibility index (Phi) is 4.21. The van der Waals surface area contributed by atoms with Gasteiger partial charge in [0.2, 0.25) is 5.91 Å². The highest BCUT2D eigenvalue weighted by Crippen LogP contribution is 2.34. The van der Waals surface area contributed by atoms with Gasteiger partial charge in [-0.05, 0) is 30.2 Å². The van der Waals surface area contributed by atoms with Crippen molar-refractivity contribution in [2.24, 2.45) is 5.10 Å². The van der Waals surface area contributed by atoms with E-state index in [2.05, 4.69) is 46.3 Å². The van der Waals surface area contributed by atoms with Crippen molar-refractivity contribution >= 4 is 22.7 Å². The summed E-state index contributed by atoms with van der Waals surface area (Å²) in [7, 11) is 0. The van der Waals surface area contributed by atoms with Gasteiger partial charge in [0.15, 0.2) is 0 Å². The molecular formula is C21H20N4O. The van der Waals surface area contributed by atoms with Crippen molar-refractivity contribution in [3.63, 3.8) is 0 Å². The molecule has 1 aliphatic heterocycles. The maximum absolute atomic E-state index is 12.5. The molecule has 1 atom stereocenters. The Morgan fingerprint density at radius 3 is 2.54 bits per heavy atom. The Hall–Kier alpha value is -3.08. The number of nitrogens with zero attached hydrogens (tertiary/aromatic N) is 4. The van der Waals surface area contributed by atoms with Gasteiger partial charge in [0.25, 0.3) is 0 Å². The number of hydrogen-bond acceptors (Lipinski definition) is 4. The number of rotatable bonds is 3. The second kappa shape index (κ2) is 6.67. The van der Waals surface area contributed by atoms with Crippen molar-refractivity contribution in [3.8, 4) is 0 Å². The second-order valence-electron chi connectivity index (χ2n) is 6.53. The molecule has 5 heteroatoms. The summed E-state index contributed by atoms with van der Waals surface area (Å²) in [5, 5.41) is 6.29. The molecule has 0 saturated heterocycles. The number of amides is 1. The number of fused-ring (bicyclic) bond motifs is 1. The van der Waals surface area contributed by atoms with Gasteiger partial charge >= 0.3 is 0 Å². The lowest BCUT2D eigenvalue weighted by Crippen LogP contribution is -2.26. The van der Waals surface area contributed by atoms with E-state index in [9.17, 15) is 4.79 Å². The van der Waals surface area contributed by atoms with Crippen LogP contribution in [0.25, 0.3) is 11.0 Å². The topological polar surface area (TPSA) is 58.5 Å². The van der Waals surface area contributed by atoms with Crippen LogP contribution in [0, 0.1) is 6.92 Å². The van der Waals surface area contributed by atoms with Crippen LogP contribution in [0.4, 0.5) is 0 Å². The summed E-state index contributed by atoms with van der Waals surface area (Å²) in [5.74, 6) is 0.0244. The maximum Gasteiger partial charge on any atom is 0.242 e. The number of carbonyl (C=O) groups is 1. The van der Waals surface area contributed by atoms with Crippen LogP contribution in [0.5, 0.6) is 0 Å². The summed E-state index contributed by atoms with van der Waals surface area (Å²) in [4.78, 5) is 21.2. The molecule has 0 radical (unpaired) electrons. The Bertz CT molecular complexity index is 994. The predicted octanol–water partition coefficient (Wildman–Crippen LogP) is 4.03. The molecule has 1 aliphatic rings. The van der Waals surface area contributed by atoms with Gasteiger partial charge in [-0.1, -0.05) is 42.8 Å². The fourth-order valence-electron chi connectivity index (χ4n) is 3.27. The Balaban J connectivity index is 1.72. The van der Waals surface area contributed by atoms with Gasteiger partial charge in [-0.3, -0.25) is 14.8 Å². The third-order valence-corrected chi connectivity index (χ3v) is 4.73. The van der Waals surface area contributed by atoms with Gasteiger partial charge in [-0.25, -0.2) is 5.01 Å². The third kappa shape index (κ3) is 2.96. The summed E-state index contributed by atoms with van der Waals surface area (Å²) in [6.07, 6.45) is 4.49. The van der Waals surface area contributed by atoms with E-state index in [1.54, 1.807) is 17.4 Å². The van der Waals surface area contributed by atoms with E-state index in [0.717, 1.165) is 27.9 Å². The summed E-state index contributed by atoms with van der Waals surface area (Å²) in [6, 6.07) is 14.2. The molecule has 0 saturated carbocycles. The van der Waals surface area contributed by atoms with E-state index >= 15 is 0 Å². The van der Waals surface area contributed by atoms with Crippen LogP contribution in [0.3, 0.4) is 0 Å². The zero-order valence-electron chi connectivity index (χ0n) is 14.9. The minimum Gasteiger partial charge on any atom is -0.273 e. The quantitative estimate of drug-likeness (QED) is 0.721. The van der Waals surface area contributed by atoms with Gasteiger partial charge in [-0.15, -0.1) is 0 Å². The molecule has 4 rings (SSSR count). The molecule has 2 heterocycles. The third-order valence-electron chi connectivity index (χ3n) is 4.73. The number of aryl methyl sites for hydroxylation is 1. The molecule has 130 valence electrons. The van der Waals surface area contributed by atoms with E-state index in [4.69, 9.17) is 0 Å². The number of benzene rings is 2. The standard InChI is InChI=1S/C21H20N4O/c1-3-21(26)25-20(13-18(24-25)15-6-4-14(2)5-7-15)16-8-9-17-19(12-16)23-11-10-22-17/h4-12,20H,3,13H2,1-2H3. The molecule has 0 N–H and O–H groups in total. The molecule has 2 aromatic carbocycles. The number of hydrazone groups is 1. The molecule has 0 aliphatic carbocycles. The molecular weight excluding hydrogens is 324 g/mol. The largest absolute Gasteiger partial charge is 0.273 e. The van der Waals surface area contributed by atoms with Crippen LogP contribution < -0.4 is 0 Å². The predicted molar refractivity (Wildman–Crippen MR) is 102 cm³/mol. The minimum absolute atomic E-state index is 0.0244. The van der Waals surface area contributed by atoms with Crippen molar-refractivity contribution in [1.82, 2.24) is 15.0 Å². The van der Waals surface area contributed by atoms with Gasteiger partial charge in [-0.2, -0.15) is 5.10 Å². The van der Waals surface area contributed by atoms with Crippen molar-refractivity contribution in [2.75, 3.05) is 0 Å². The molecule has 0 bridgehead atoms. The average molecular weight is 344 g/mol. The van der Waals surface area contributed by atoms with Crippen molar-refractivity contribution in [1.29, 1.82) is 0 Å². The Morgan fingerprint density at radius 1 is 1.08 bits per heavy atom. The van der Waals surface area contributed by atoms with E-state index in [1.807, 2.05) is 25.1 Å². The van der Waals surface area contributed by atoms with Crippen LogP contribution in [-0.4, -0.2) is 26.6 Å². The highest BCUT2D eigenvalue weighted by Gasteiger charge is 2.32. The normalized spacial score (nSPS) is 16.8. The molecule has 1 amide bonds. The van der Waals surface area contributed by atoms with Crippen molar-refractivity contribution in [3.05, 3.63) is 71.5 Å². The maximum atomic E-state index is 12.5. The lowest BCUT2D eigenvalue weighted by Gasteiger charge is -2.21. The fourth-order valence-corrected chi connectivity index (χ4v) is 3.27. The molecule has 0 fully saturated rings. The molecule has 1 aromatic heterocycles. The first kappa shape index (κ1) is 16.4. The number of aromatic nitrogens is 2. The number of carbonyl (C=O) groups excluding carboxylic acids is 1. The van der Waals surface area contributed by atoms with E-state index < -0.39 is 0 Å². The molecule has 3 aromatic rings. The average Bonchev–Trinajstić information content (AvgIpc) is 3.13. The Morgan fingerprint density at radius 2 is 1.81 bits per heavy atom. The van der Waals surface area contributed by atoms with Crippen molar-refractivity contribution < 1.29 is 4.79 Å². The van der Waals surface area contributed by atoms with Crippen LogP contribution in [0.2, 0.25) is 0 Å². The van der Waals surface area contributed by atoms with E-state index in [1.165, 1.54) is 5.56 Å². The van der Waals surface area contributed by atoms with E-state index in [0.29, 0.717) is 12.8 Å². The van der Waals surface area contributed by atoms with Crippen LogP contribution in [0.1, 0.15) is 42.5 Å². The van der Waals surface area contributed by atoms with E-state index in [-0.39, 0.29) is 11.9 Å². The summed E-state index contributed by atoms with van der Waals surface area (Å²) in [5.41, 5.74) is 5.92. The first-order valence-electron chi connectivity index (χ1n) is 8.83. The summed E-state index contributed by atoms with van der Waals surface area (Å²) < 4.78 is 0. The zero-order chi connectivity index (χ0) is 18.1. The minimum atomic E-state index is -0.106. The highest BCUT2D eigenvalue weighted by atomic mass is 16.2. The lowest BCUT2D eigenvalue weighted by molar-refractivity contribution is -0.132. The highest BCUT2D eigenvalue weighted by molar-refractivity contribution is 6.03. The molecule has 5 nitrogen and oxygen atoms in total. The van der Waals surface area contributed by atoms with Crippen molar-refractivity contribution in [2.45, 2.75) is 32.7 Å². The first-order chi connectivity index (χ1) is 12.7. The second-order valence-corrected chi connectivity index (χ2v) is 6.53. The SMILES string of the molecule is CCC(=O)N1N=C(c2ccc(C)cc2)CC1c1ccc2nccnc2c1. The number of hydrogen-bond donors (Lipinski definition) is 0. The molecule has 26 heavy (non-hydrogen) atoms. The van der Waals surface area contributed by atoms with Gasteiger partial charge < -0.3 is 0 Å². The first-order valence-corrected chi connectivity index (χ1v) is 8.83. The summed E-state index contributed by atoms with van der Waals surface area (Å²) >= 11 is 0. The lowest BCUT2D eigenvalue weighted by atomic mass is 9.97. The molecule has 0 spiro atoms. The van der Waals surface area contributed by atoms with Gasteiger partial charge in [0.05, 0.1) is 22.8 Å². The van der Waals surface area contributed by atoms with Gasteiger partial charge in [0, 0.05) is 25.2 Å². The molecule has 1 unspecified atom stereocenters. The van der Waals surface area contributed by atoms with Crippen LogP contribution >= 0.6 is 0 Å².